The summed E-state index contributed by atoms with van der Waals surface area (Å²) in [6.45, 7) is 3.22. The zero-order valence-electron chi connectivity index (χ0n) is 13.1. The summed E-state index contributed by atoms with van der Waals surface area (Å²) < 4.78 is 0. The zero-order chi connectivity index (χ0) is 14.8. The van der Waals surface area contributed by atoms with Gasteiger partial charge in [0.25, 0.3) is 0 Å². The van der Waals surface area contributed by atoms with Crippen molar-refractivity contribution in [2.24, 2.45) is 5.92 Å². The smallest absolute Gasteiger partial charge is 0.146 e. The molecule has 4 nitrogen and oxygen atoms in total. The molecule has 0 bridgehead atoms. The number of nitrogens with zero attached hydrogens (tertiary/aromatic N) is 4. The second-order valence-electron chi connectivity index (χ2n) is 6.62. The number of hydrogen-bond acceptors (Lipinski definition) is 4. The van der Waals surface area contributed by atoms with Crippen LogP contribution in [0.15, 0.2) is 6.07 Å². The van der Waals surface area contributed by atoms with Crippen LogP contribution in [0.1, 0.15) is 36.1 Å². The van der Waals surface area contributed by atoms with Gasteiger partial charge in [-0.1, -0.05) is 0 Å². The van der Waals surface area contributed by atoms with Crippen LogP contribution >= 0.6 is 0 Å². The van der Waals surface area contributed by atoms with E-state index >= 15 is 0 Å². The summed E-state index contributed by atoms with van der Waals surface area (Å²) in [5.74, 6) is 1.71. The predicted molar refractivity (Wildman–Crippen MR) is 84.5 cm³/mol. The van der Waals surface area contributed by atoms with Crippen molar-refractivity contribution < 1.29 is 0 Å². The lowest BCUT2D eigenvalue weighted by Crippen LogP contribution is -2.38. The van der Waals surface area contributed by atoms with Gasteiger partial charge < -0.3 is 9.80 Å². The maximum Gasteiger partial charge on any atom is 0.146 e. The van der Waals surface area contributed by atoms with Gasteiger partial charge >= 0.3 is 0 Å². The standard InChI is InChI=1S/C17H24N4/c1-20(2)12-13-6-8-21(9-7-13)17-15(11-18)10-14-4-3-5-16(14)19-17/h10,13H,3-9,12H2,1-2H3. The average Bonchev–Trinajstić information content (AvgIpc) is 2.93. The van der Waals surface area contributed by atoms with Crippen LogP contribution in [0.2, 0.25) is 0 Å². The first kappa shape index (κ1) is 14.3. The molecule has 0 spiro atoms. The minimum absolute atomic E-state index is 0.765. The third-order valence-electron chi connectivity index (χ3n) is 4.69. The van der Waals surface area contributed by atoms with E-state index in [9.17, 15) is 5.26 Å². The molecule has 2 heterocycles. The van der Waals surface area contributed by atoms with Crippen LogP contribution in [0, 0.1) is 17.2 Å². The fraction of sp³-hybridized carbons (Fsp3) is 0.647. The highest BCUT2D eigenvalue weighted by Crippen LogP contribution is 2.29. The van der Waals surface area contributed by atoms with Gasteiger partial charge in [0.2, 0.25) is 0 Å². The van der Waals surface area contributed by atoms with Crippen LogP contribution in [-0.2, 0) is 12.8 Å². The second-order valence-corrected chi connectivity index (χ2v) is 6.62. The molecule has 1 aromatic rings. The van der Waals surface area contributed by atoms with Crippen molar-refractivity contribution in [3.8, 4) is 6.07 Å². The minimum Gasteiger partial charge on any atom is -0.355 e. The third kappa shape index (κ3) is 3.03. The van der Waals surface area contributed by atoms with Crippen molar-refractivity contribution >= 4 is 5.82 Å². The SMILES string of the molecule is CN(C)CC1CCN(c2nc3c(cc2C#N)CCC3)CC1. The molecule has 0 radical (unpaired) electrons. The van der Waals surface area contributed by atoms with Crippen molar-refractivity contribution in [1.82, 2.24) is 9.88 Å². The maximum absolute atomic E-state index is 9.43. The Bertz CT molecular complexity index is 551. The molecule has 0 N–H and O–H groups in total. The lowest BCUT2D eigenvalue weighted by atomic mass is 9.96. The molecule has 1 fully saturated rings. The van der Waals surface area contributed by atoms with E-state index in [1.807, 2.05) is 0 Å². The summed E-state index contributed by atoms with van der Waals surface area (Å²) in [6.07, 6.45) is 5.73. The van der Waals surface area contributed by atoms with Crippen molar-refractivity contribution in [2.75, 3.05) is 38.6 Å². The summed E-state index contributed by atoms with van der Waals surface area (Å²) in [4.78, 5) is 9.42. The van der Waals surface area contributed by atoms with Gasteiger partial charge in [-0.15, -0.1) is 0 Å². The number of fused-ring (bicyclic) bond motifs is 1. The van der Waals surface area contributed by atoms with E-state index in [4.69, 9.17) is 4.98 Å². The van der Waals surface area contributed by atoms with Gasteiger partial charge in [-0.3, -0.25) is 0 Å². The predicted octanol–water partition coefficient (Wildman–Crippen LogP) is 2.22. The molecule has 21 heavy (non-hydrogen) atoms. The highest BCUT2D eigenvalue weighted by atomic mass is 15.2. The number of hydrogen-bond donors (Lipinski definition) is 0. The summed E-state index contributed by atoms with van der Waals surface area (Å²) in [5, 5.41) is 9.43. The van der Waals surface area contributed by atoms with Gasteiger partial charge in [0.05, 0.1) is 5.56 Å². The minimum atomic E-state index is 0.765. The molecule has 0 atom stereocenters. The fourth-order valence-electron chi connectivity index (χ4n) is 3.63. The van der Waals surface area contributed by atoms with E-state index in [0.717, 1.165) is 49.8 Å². The van der Waals surface area contributed by atoms with Gasteiger partial charge in [-0.05, 0) is 63.7 Å². The zero-order valence-corrected chi connectivity index (χ0v) is 13.1. The first-order valence-electron chi connectivity index (χ1n) is 8.00. The van der Waals surface area contributed by atoms with Gasteiger partial charge in [0.15, 0.2) is 0 Å². The number of aryl methyl sites for hydroxylation is 2. The first-order valence-corrected chi connectivity index (χ1v) is 8.00. The topological polar surface area (TPSA) is 43.2 Å². The quantitative estimate of drug-likeness (QED) is 0.853. The molecule has 1 aliphatic heterocycles. The van der Waals surface area contributed by atoms with Crippen molar-refractivity contribution in [2.45, 2.75) is 32.1 Å². The first-order chi connectivity index (χ1) is 10.2. The Morgan fingerprint density at radius 3 is 2.76 bits per heavy atom. The lowest BCUT2D eigenvalue weighted by Gasteiger charge is -2.34. The van der Waals surface area contributed by atoms with E-state index < -0.39 is 0 Å². The summed E-state index contributed by atoms with van der Waals surface area (Å²) in [5.41, 5.74) is 3.28. The van der Waals surface area contributed by atoms with Crippen molar-refractivity contribution in [3.05, 3.63) is 22.9 Å². The van der Waals surface area contributed by atoms with E-state index in [1.165, 1.54) is 30.5 Å². The molecule has 2 aliphatic rings. The van der Waals surface area contributed by atoms with Gasteiger partial charge in [0.1, 0.15) is 11.9 Å². The Labute approximate surface area is 127 Å². The number of aromatic nitrogens is 1. The Hall–Kier alpha value is -1.60. The van der Waals surface area contributed by atoms with Crippen LogP contribution in [0.3, 0.4) is 0 Å². The molecule has 1 aliphatic carbocycles. The Kier molecular flexibility index (Phi) is 4.12. The molecule has 4 heteroatoms. The molecule has 0 unspecified atom stereocenters. The van der Waals surface area contributed by atoms with E-state index in [0.29, 0.717) is 0 Å². The van der Waals surface area contributed by atoms with Crippen molar-refractivity contribution in [1.29, 1.82) is 5.26 Å². The van der Waals surface area contributed by atoms with Crippen molar-refractivity contribution in [3.63, 3.8) is 0 Å². The van der Waals surface area contributed by atoms with Gasteiger partial charge in [-0.2, -0.15) is 5.26 Å². The van der Waals surface area contributed by atoms with Crippen LogP contribution in [-0.4, -0.2) is 43.6 Å². The Balaban J connectivity index is 1.75. The molecule has 0 aromatic carbocycles. The van der Waals surface area contributed by atoms with E-state index in [1.54, 1.807) is 0 Å². The maximum atomic E-state index is 9.43. The number of pyridine rings is 1. The number of nitriles is 1. The van der Waals surface area contributed by atoms with Crippen LogP contribution in [0.4, 0.5) is 5.82 Å². The lowest BCUT2D eigenvalue weighted by molar-refractivity contribution is 0.284. The highest BCUT2D eigenvalue weighted by Gasteiger charge is 2.24. The molecular weight excluding hydrogens is 260 g/mol. The van der Waals surface area contributed by atoms with Gasteiger partial charge in [-0.25, -0.2) is 4.98 Å². The van der Waals surface area contributed by atoms with Crippen LogP contribution < -0.4 is 4.90 Å². The van der Waals surface area contributed by atoms with Gasteiger partial charge in [0, 0.05) is 25.3 Å². The summed E-state index contributed by atoms with van der Waals surface area (Å²) in [7, 11) is 4.28. The molecule has 0 amide bonds. The normalized spacial score (nSPS) is 18.9. The number of piperidine rings is 1. The average molecular weight is 284 g/mol. The molecule has 0 saturated carbocycles. The van der Waals surface area contributed by atoms with E-state index in [2.05, 4.69) is 36.0 Å². The highest BCUT2D eigenvalue weighted by molar-refractivity contribution is 5.57. The number of rotatable bonds is 3. The Morgan fingerprint density at radius 1 is 1.33 bits per heavy atom. The Morgan fingerprint density at radius 2 is 2.10 bits per heavy atom. The van der Waals surface area contributed by atoms with E-state index in [-0.39, 0.29) is 0 Å². The monoisotopic (exact) mass is 284 g/mol. The molecule has 3 rings (SSSR count). The molecule has 112 valence electrons. The van der Waals surface area contributed by atoms with Crippen LogP contribution in [0.5, 0.6) is 0 Å². The third-order valence-corrected chi connectivity index (χ3v) is 4.69. The largest absolute Gasteiger partial charge is 0.355 e. The molecule has 1 saturated heterocycles. The molecular formula is C17H24N4. The van der Waals surface area contributed by atoms with Crippen LogP contribution in [0.25, 0.3) is 0 Å². The summed E-state index contributed by atoms with van der Waals surface area (Å²) >= 11 is 0. The fourth-order valence-corrected chi connectivity index (χ4v) is 3.63. The second kappa shape index (κ2) is 6.03. The number of anilines is 1. The summed E-state index contributed by atoms with van der Waals surface area (Å²) in [6, 6.07) is 4.43. The molecule has 1 aromatic heterocycles.